The lowest BCUT2D eigenvalue weighted by molar-refractivity contribution is 0.0724. The van der Waals surface area contributed by atoms with Gasteiger partial charge in [0.25, 0.3) is 0 Å². The van der Waals surface area contributed by atoms with Gasteiger partial charge in [-0.05, 0) is 30.3 Å². The minimum atomic E-state index is -1.10. The maximum Gasteiger partial charge on any atom is 0.349 e. The van der Waals surface area contributed by atoms with Crippen molar-refractivity contribution in [1.82, 2.24) is 0 Å². The standard InChI is InChI=1S/C13H7ClF2O2/c14-8-3-1-4-9(7-8)18-13(17)12-10(15)5-2-6-11(12)16/h1-7H. The summed E-state index contributed by atoms with van der Waals surface area (Å²) in [4.78, 5) is 11.6. The maximum absolute atomic E-state index is 13.3. The molecule has 2 nitrogen and oxygen atoms in total. The second-order valence-corrected chi connectivity index (χ2v) is 3.88. The molecule has 0 amide bonds. The zero-order valence-corrected chi connectivity index (χ0v) is 9.75. The highest BCUT2D eigenvalue weighted by Crippen LogP contribution is 2.20. The first-order chi connectivity index (χ1) is 8.58. The first-order valence-corrected chi connectivity index (χ1v) is 5.37. The summed E-state index contributed by atoms with van der Waals surface area (Å²) in [5, 5.41) is 0.356. The van der Waals surface area contributed by atoms with Gasteiger partial charge in [0.2, 0.25) is 0 Å². The number of esters is 1. The number of benzene rings is 2. The highest BCUT2D eigenvalue weighted by Gasteiger charge is 2.19. The van der Waals surface area contributed by atoms with Gasteiger partial charge in [-0.25, -0.2) is 13.6 Å². The van der Waals surface area contributed by atoms with Crippen LogP contribution < -0.4 is 4.74 Å². The first-order valence-electron chi connectivity index (χ1n) is 4.99. The molecule has 0 fully saturated rings. The smallest absolute Gasteiger partial charge is 0.349 e. The molecule has 0 aliphatic carbocycles. The molecule has 2 rings (SSSR count). The molecule has 5 heteroatoms. The van der Waals surface area contributed by atoms with E-state index >= 15 is 0 Å². The molecule has 18 heavy (non-hydrogen) atoms. The van der Waals surface area contributed by atoms with Crippen LogP contribution in [0.25, 0.3) is 0 Å². The third-order valence-corrected chi connectivity index (χ3v) is 2.41. The minimum absolute atomic E-state index is 0.121. The highest BCUT2D eigenvalue weighted by molar-refractivity contribution is 6.30. The zero-order chi connectivity index (χ0) is 13.1. The van der Waals surface area contributed by atoms with E-state index in [1.807, 2.05) is 0 Å². The average Bonchev–Trinajstić information content (AvgIpc) is 2.28. The van der Waals surface area contributed by atoms with Crippen molar-refractivity contribution in [3.05, 3.63) is 64.7 Å². The van der Waals surface area contributed by atoms with Gasteiger partial charge in [0, 0.05) is 5.02 Å². The second-order valence-electron chi connectivity index (χ2n) is 3.44. The van der Waals surface area contributed by atoms with Gasteiger partial charge in [-0.3, -0.25) is 0 Å². The van der Waals surface area contributed by atoms with E-state index in [1.54, 1.807) is 12.1 Å². The van der Waals surface area contributed by atoms with Gasteiger partial charge in [-0.15, -0.1) is 0 Å². The van der Waals surface area contributed by atoms with Gasteiger partial charge in [-0.1, -0.05) is 23.7 Å². The molecule has 0 aliphatic heterocycles. The number of carbonyl (C=O) groups is 1. The van der Waals surface area contributed by atoms with Crippen molar-refractivity contribution < 1.29 is 18.3 Å². The Hall–Kier alpha value is -1.94. The highest BCUT2D eigenvalue weighted by atomic mass is 35.5. The van der Waals surface area contributed by atoms with Crippen LogP contribution in [-0.4, -0.2) is 5.97 Å². The van der Waals surface area contributed by atoms with Crippen molar-refractivity contribution >= 4 is 17.6 Å². The molecule has 0 unspecified atom stereocenters. The molecular weight excluding hydrogens is 262 g/mol. The monoisotopic (exact) mass is 268 g/mol. The van der Waals surface area contributed by atoms with Crippen LogP contribution in [0.5, 0.6) is 5.75 Å². The summed E-state index contributed by atoms with van der Waals surface area (Å²) in [5.74, 6) is -2.92. The summed E-state index contributed by atoms with van der Waals surface area (Å²) in [6, 6.07) is 9.11. The van der Waals surface area contributed by atoms with Crippen LogP contribution in [0, 0.1) is 11.6 Å². The first kappa shape index (κ1) is 12.5. The molecule has 0 radical (unpaired) electrons. The van der Waals surface area contributed by atoms with E-state index in [9.17, 15) is 13.6 Å². The fraction of sp³-hybridized carbons (Fsp3) is 0. The predicted octanol–water partition coefficient (Wildman–Crippen LogP) is 3.84. The third-order valence-electron chi connectivity index (χ3n) is 2.17. The summed E-state index contributed by atoms with van der Waals surface area (Å²) in [6.07, 6.45) is 0. The zero-order valence-electron chi connectivity index (χ0n) is 8.99. The lowest BCUT2D eigenvalue weighted by Gasteiger charge is -2.06. The molecule has 0 saturated carbocycles. The van der Waals surface area contributed by atoms with Crippen LogP contribution in [0.1, 0.15) is 10.4 Å². The van der Waals surface area contributed by atoms with Crippen LogP contribution in [0.4, 0.5) is 8.78 Å². The van der Waals surface area contributed by atoms with E-state index in [1.165, 1.54) is 18.2 Å². The summed E-state index contributed by atoms with van der Waals surface area (Å²) >= 11 is 5.70. The fourth-order valence-electron chi connectivity index (χ4n) is 1.38. The summed E-state index contributed by atoms with van der Waals surface area (Å²) in [6.45, 7) is 0. The van der Waals surface area contributed by atoms with E-state index in [2.05, 4.69) is 0 Å². The summed E-state index contributed by atoms with van der Waals surface area (Å²) < 4.78 is 31.5. The second kappa shape index (κ2) is 5.14. The van der Waals surface area contributed by atoms with E-state index < -0.39 is 23.2 Å². The molecule has 0 atom stereocenters. The van der Waals surface area contributed by atoms with Gasteiger partial charge in [0.05, 0.1) is 0 Å². The van der Waals surface area contributed by atoms with Crippen LogP contribution in [0.15, 0.2) is 42.5 Å². The Labute approximate surface area is 107 Å². The molecule has 92 valence electrons. The largest absolute Gasteiger partial charge is 0.423 e. The fourth-order valence-corrected chi connectivity index (χ4v) is 1.56. The molecule has 0 bridgehead atoms. The number of rotatable bonds is 2. The van der Waals surface area contributed by atoms with Crippen molar-refractivity contribution in [1.29, 1.82) is 0 Å². The Kier molecular flexibility index (Phi) is 3.58. The Balaban J connectivity index is 2.28. The van der Waals surface area contributed by atoms with Crippen molar-refractivity contribution in [2.45, 2.75) is 0 Å². The Morgan fingerprint density at radius 1 is 1.06 bits per heavy atom. The Morgan fingerprint density at radius 2 is 1.67 bits per heavy atom. The van der Waals surface area contributed by atoms with Gasteiger partial charge >= 0.3 is 5.97 Å². The lowest BCUT2D eigenvalue weighted by Crippen LogP contribution is -2.13. The minimum Gasteiger partial charge on any atom is -0.423 e. The van der Waals surface area contributed by atoms with Crippen LogP contribution >= 0.6 is 11.6 Å². The van der Waals surface area contributed by atoms with E-state index in [0.29, 0.717) is 5.02 Å². The SMILES string of the molecule is O=C(Oc1cccc(Cl)c1)c1c(F)cccc1F. The lowest BCUT2D eigenvalue weighted by atomic mass is 10.2. The quantitative estimate of drug-likeness (QED) is 0.611. The third kappa shape index (κ3) is 2.65. The number of hydrogen-bond donors (Lipinski definition) is 0. The van der Waals surface area contributed by atoms with Crippen molar-refractivity contribution in [2.24, 2.45) is 0 Å². The number of halogens is 3. The molecule has 2 aromatic rings. The normalized spacial score (nSPS) is 10.2. The van der Waals surface area contributed by atoms with Crippen LogP contribution in [0.3, 0.4) is 0 Å². The molecule has 0 saturated heterocycles. The van der Waals surface area contributed by atoms with Gasteiger partial charge < -0.3 is 4.74 Å². The maximum atomic E-state index is 13.3. The number of carbonyl (C=O) groups excluding carboxylic acids is 1. The topological polar surface area (TPSA) is 26.3 Å². The van der Waals surface area contributed by atoms with E-state index in [0.717, 1.165) is 12.1 Å². The average molecular weight is 269 g/mol. The Bertz CT molecular complexity index is 579. The molecule has 2 aromatic carbocycles. The molecule has 0 aromatic heterocycles. The van der Waals surface area contributed by atoms with Gasteiger partial charge in [-0.2, -0.15) is 0 Å². The number of hydrogen-bond acceptors (Lipinski definition) is 2. The van der Waals surface area contributed by atoms with Crippen LogP contribution in [0.2, 0.25) is 5.02 Å². The molecule has 0 aliphatic rings. The molecule has 0 N–H and O–H groups in total. The summed E-state index contributed by atoms with van der Waals surface area (Å²) in [5.41, 5.74) is -0.725. The van der Waals surface area contributed by atoms with Crippen molar-refractivity contribution in [3.8, 4) is 5.75 Å². The van der Waals surface area contributed by atoms with Gasteiger partial charge in [0.1, 0.15) is 22.9 Å². The van der Waals surface area contributed by atoms with Crippen molar-refractivity contribution in [2.75, 3.05) is 0 Å². The predicted molar refractivity (Wildman–Crippen MR) is 62.8 cm³/mol. The van der Waals surface area contributed by atoms with Crippen LogP contribution in [-0.2, 0) is 0 Å². The van der Waals surface area contributed by atoms with Crippen molar-refractivity contribution in [3.63, 3.8) is 0 Å². The summed E-state index contributed by atoms with van der Waals surface area (Å²) in [7, 11) is 0. The molecule has 0 spiro atoms. The van der Waals surface area contributed by atoms with E-state index in [4.69, 9.17) is 16.3 Å². The Morgan fingerprint density at radius 3 is 2.28 bits per heavy atom. The van der Waals surface area contributed by atoms with Gasteiger partial charge in [0.15, 0.2) is 0 Å². The van der Waals surface area contributed by atoms with E-state index in [-0.39, 0.29) is 5.75 Å². The molecule has 0 heterocycles. The molecular formula is C13H7ClF2O2. The number of ether oxygens (including phenoxy) is 1.